The number of rotatable bonds is 19. The van der Waals surface area contributed by atoms with E-state index in [-0.39, 0.29) is 17.9 Å². The first kappa shape index (κ1) is 31.2. The van der Waals surface area contributed by atoms with Crippen LogP contribution in [0.25, 0.3) is 0 Å². The second kappa shape index (κ2) is 16.7. The number of hydrogen-bond donors (Lipinski definition) is 0. The molecule has 8 heteroatoms. The van der Waals surface area contributed by atoms with Gasteiger partial charge in [-0.1, -0.05) is 45.2 Å². The standard InChI is InChI=1S/C31H44F3NO4/c1-3-5-7-18-37-20-10-22-38-26-14-11-24(12-15-26)27-16-13-25-23-28(35-30(32)29(25)31(27,33)34)39-21-9-8-19-36-17-6-4-2/h11-12,14-15,23,27H,3-10,13,16-22H2,1-2H3. The number of unbranched alkanes of at least 4 members (excludes halogenated alkanes) is 4. The Morgan fingerprint density at radius 2 is 1.41 bits per heavy atom. The topological polar surface area (TPSA) is 49.8 Å². The summed E-state index contributed by atoms with van der Waals surface area (Å²) >= 11 is 0. The molecule has 0 radical (unpaired) electrons. The molecule has 1 aromatic heterocycles. The Morgan fingerprint density at radius 1 is 0.795 bits per heavy atom. The minimum atomic E-state index is -3.38. The van der Waals surface area contributed by atoms with Gasteiger partial charge in [-0.05, 0) is 61.8 Å². The largest absolute Gasteiger partial charge is 0.494 e. The highest BCUT2D eigenvalue weighted by molar-refractivity contribution is 5.41. The quantitative estimate of drug-likeness (QED) is 0.131. The summed E-state index contributed by atoms with van der Waals surface area (Å²) < 4.78 is 68.4. The van der Waals surface area contributed by atoms with Crippen molar-refractivity contribution in [2.75, 3.05) is 39.6 Å². The number of halogens is 3. The summed E-state index contributed by atoms with van der Waals surface area (Å²) in [5.41, 5.74) is 0.103. The Hall–Kier alpha value is -2.32. The van der Waals surface area contributed by atoms with E-state index < -0.39 is 23.4 Å². The number of benzene rings is 1. The molecule has 2 aromatic rings. The van der Waals surface area contributed by atoms with E-state index in [1.54, 1.807) is 24.3 Å². The van der Waals surface area contributed by atoms with E-state index in [4.69, 9.17) is 18.9 Å². The van der Waals surface area contributed by atoms with Crippen molar-refractivity contribution in [3.8, 4) is 11.6 Å². The number of pyridine rings is 1. The Kier molecular flexibility index (Phi) is 13.4. The fourth-order valence-corrected chi connectivity index (χ4v) is 4.73. The second-order valence-corrected chi connectivity index (χ2v) is 10.1. The molecule has 0 amide bonds. The summed E-state index contributed by atoms with van der Waals surface area (Å²) in [7, 11) is 0. The highest BCUT2D eigenvalue weighted by Gasteiger charge is 2.49. The zero-order valence-corrected chi connectivity index (χ0v) is 23.5. The van der Waals surface area contributed by atoms with Crippen molar-refractivity contribution in [1.82, 2.24) is 4.98 Å². The van der Waals surface area contributed by atoms with Crippen LogP contribution < -0.4 is 9.47 Å². The van der Waals surface area contributed by atoms with Gasteiger partial charge in [-0.15, -0.1) is 0 Å². The van der Waals surface area contributed by atoms with Crippen LogP contribution in [-0.2, 0) is 21.8 Å². The summed E-state index contributed by atoms with van der Waals surface area (Å²) in [5, 5.41) is 0. The fourth-order valence-electron chi connectivity index (χ4n) is 4.73. The van der Waals surface area contributed by atoms with Crippen molar-refractivity contribution in [3.63, 3.8) is 0 Å². The van der Waals surface area contributed by atoms with Crippen molar-refractivity contribution in [2.24, 2.45) is 0 Å². The molecule has 0 saturated carbocycles. The van der Waals surface area contributed by atoms with Crippen molar-refractivity contribution < 1.29 is 32.1 Å². The minimum absolute atomic E-state index is 0.0558. The zero-order valence-electron chi connectivity index (χ0n) is 23.5. The van der Waals surface area contributed by atoms with Crippen molar-refractivity contribution >= 4 is 0 Å². The SMILES string of the molecule is CCCCCOCCCOc1ccc(C2CCc3cc(OCCCCOCCCC)nc(F)c3C2(F)F)cc1. The van der Waals surface area contributed by atoms with E-state index in [2.05, 4.69) is 18.8 Å². The molecule has 5 nitrogen and oxygen atoms in total. The normalized spacial score (nSPS) is 16.2. The van der Waals surface area contributed by atoms with Crippen molar-refractivity contribution in [2.45, 2.75) is 89.9 Å². The number of aryl methyl sites for hydroxylation is 1. The lowest BCUT2D eigenvalue weighted by atomic mass is 9.77. The van der Waals surface area contributed by atoms with Crippen LogP contribution >= 0.6 is 0 Å². The Labute approximate surface area is 231 Å². The van der Waals surface area contributed by atoms with Gasteiger partial charge in [0.25, 0.3) is 5.92 Å². The smallest absolute Gasteiger partial charge is 0.284 e. The van der Waals surface area contributed by atoms with E-state index in [9.17, 15) is 4.39 Å². The molecule has 1 aliphatic carbocycles. The van der Waals surface area contributed by atoms with Gasteiger partial charge < -0.3 is 18.9 Å². The van der Waals surface area contributed by atoms with Crippen LogP contribution in [0.3, 0.4) is 0 Å². The van der Waals surface area contributed by atoms with Crippen LogP contribution in [0, 0.1) is 5.95 Å². The fraction of sp³-hybridized carbons (Fsp3) is 0.645. The molecule has 0 saturated heterocycles. The lowest BCUT2D eigenvalue weighted by Gasteiger charge is -2.33. The van der Waals surface area contributed by atoms with E-state index in [0.29, 0.717) is 44.2 Å². The second-order valence-electron chi connectivity index (χ2n) is 10.1. The third-order valence-electron chi connectivity index (χ3n) is 6.96. The van der Waals surface area contributed by atoms with Crippen LogP contribution in [0.15, 0.2) is 30.3 Å². The molecular weight excluding hydrogens is 507 g/mol. The summed E-state index contributed by atoms with van der Waals surface area (Å²) in [6.07, 6.45) is 8.36. The molecule has 39 heavy (non-hydrogen) atoms. The van der Waals surface area contributed by atoms with Crippen LogP contribution in [0.4, 0.5) is 13.2 Å². The molecule has 1 heterocycles. The first-order valence-corrected chi connectivity index (χ1v) is 14.6. The number of fused-ring (bicyclic) bond motifs is 1. The van der Waals surface area contributed by atoms with E-state index in [0.717, 1.165) is 51.7 Å². The van der Waals surface area contributed by atoms with Crippen molar-refractivity contribution in [3.05, 3.63) is 53.0 Å². The minimum Gasteiger partial charge on any atom is -0.494 e. The summed E-state index contributed by atoms with van der Waals surface area (Å²) in [6, 6.07) is 8.15. The molecule has 1 aliphatic rings. The molecule has 0 spiro atoms. The van der Waals surface area contributed by atoms with Crippen LogP contribution in [0.1, 0.15) is 94.2 Å². The van der Waals surface area contributed by atoms with Gasteiger partial charge in [0.05, 0.1) is 24.7 Å². The number of nitrogens with zero attached hydrogens (tertiary/aromatic N) is 1. The van der Waals surface area contributed by atoms with Gasteiger partial charge in [-0.25, -0.2) is 8.78 Å². The maximum atomic E-state index is 15.5. The molecule has 218 valence electrons. The average molecular weight is 552 g/mol. The predicted octanol–water partition coefficient (Wildman–Crippen LogP) is 7.99. The van der Waals surface area contributed by atoms with E-state index in [1.807, 2.05) is 0 Å². The number of aromatic nitrogens is 1. The van der Waals surface area contributed by atoms with Crippen LogP contribution in [0.5, 0.6) is 11.6 Å². The van der Waals surface area contributed by atoms with Gasteiger partial charge >= 0.3 is 0 Å². The summed E-state index contributed by atoms with van der Waals surface area (Å²) in [5.74, 6) is -4.99. The average Bonchev–Trinajstić information content (AvgIpc) is 2.92. The predicted molar refractivity (Wildman–Crippen MR) is 147 cm³/mol. The maximum Gasteiger partial charge on any atom is 0.284 e. The lowest BCUT2D eigenvalue weighted by Crippen LogP contribution is -2.32. The Balaban J connectivity index is 1.49. The number of alkyl halides is 2. The molecule has 0 N–H and O–H groups in total. The van der Waals surface area contributed by atoms with Gasteiger partial charge in [0.15, 0.2) is 0 Å². The van der Waals surface area contributed by atoms with Gasteiger partial charge in [-0.3, -0.25) is 0 Å². The Bertz CT molecular complexity index is 971. The van der Waals surface area contributed by atoms with Gasteiger partial charge in [0.2, 0.25) is 11.8 Å². The highest BCUT2D eigenvalue weighted by Crippen LogP contribution is 2.50. The summed E-state index contributed by atoms with van der Waals surface area (Å²) in [6.45, 7) is 7.89. The molecule has 0 bridgehead atoms. The molecule has 0 aliphatic heterocycles. The van der Waals surface area contributed by atoms with Crippen LogP contribution in [-0.4, -0.2) is 44.6 Å². The molecule has 1 aromatic carbocycles. The monoisotopic (exact) mass is 551 g/mol. The summed E-state index contributed by atoms with van der Waals surface area (Å²) in [4.78, 5) is 3.72. The number of hydrogen-bond acceptors (Lipinski definition) is 5. The molecule has 3 rings (SSSR count). The third kappa shape index (κ3) is 9.67. The molecular formula is C31H44F3NO4. The van der Waals surface area contributed by atoms with Crippen molar-refractivity contribution in [1.29, 1.82) is 0 Å². The molecule has 1 atom stereocenters. The van der Waals surface area contributed by atoms with E-state index in [1.165, 1.54) is 18.9 Å². The van der Waals surface area contributed by atoms with Gasteiger partial charge in [-0.2, -0.15) is 9.37 Å². The van der Waals surface area contributed by atoms with E-state index >= 15 is 8.78 Å². The zero-order chi connectivity index (χ0) is 27.9. The van der Waals surface area contributed by atoms with Gasteiger partial charge in [0.1, 0.15) is 5.75 Å². The molecule has 0 fully saturated rings. The maximum absolute atomic E-state index is 15.5. The first-order valence-electron chi connectivity index (χ1n) is 14.6. The third-order valence-corrected chi connectivity index (χ3v) is 6.96. The number of ether oxygens (including phenoxy) is 4. The molecule has 1 unspecified atom stereocenters. The highest BCUT2D eigenvalue weighted by atomic mass is 19.3. The Morgan fingerprint density at radius 3 is 2.13 bits per heavy atom. The first-order chi connectivity index (χ1) is 19.0. The van der Waals surface area contributed by atoms with Gasteiger partial charge in [0, 0.05) is 38.9 Å². The van der Waals surface area contributed by atoms with Crippen LogP contribution in [0.2, 0.25) is 0 Å². The lowest BCUT2D eigenvalue weighted by molar-refractivity contribution is -0.0476.